The lowest BCUT2D eigenvalue weighted by Crippen LogP contribution is -2.10. The minimum Gasteiger partial charge on any atom is -0.452 e. The smallest absolute Gasteiger partial charge is 0.451 e. The minimum atomic E-state index is -4.59. The predicted octanol–water partition coefficient (Wildman–Crippen LogP) is 4.46. The highest BCUT2D eigenvalue weighted by Gasteiger charge is 2.34. The molecule has 3 rings (SSSR count). The number of aromatic nitrogens is 3. The lowest BCUT2D eigenvalue weighted by Gasteiger charge is -2.12. The number of benzene rings is 1. The largest absolute Gasteiger partial charge is 0.452 e. The van der Waals surface area contributed by atoms with E-state index in [2.05, 4.69) is 20.3 Å². The van der Waals surface area contributed by atoms with Crippen molar-refractivity contribution < 1.29 is 17.9 Å². The van der Waals surface area contributed by atoms with Crippen LogP contribution in [-0.2, 0) is 12.7 Å². The first-order valence-electron chi connectivity index (χ1n) is 7.77. The molecule has 0 amide bonds. The summed E-state index contributed by atoms with van der Waals surface area (Å²) in [5, 5.41) is 4.04. The molecule has 26 heavy (non-hydrogen) atoms. The van der Waals surface area contributed by atoms with Crippen LogP contribution in [0.4, 0.5) is 13.2 Å². The number of halogens is 3. The highest BCUT2D eigenvalue weighted by atomic mass is 19.4. The van der Waals surface area contributed by atoms with Crippen molar-refractivity contribution in [3.63, 3.8) is 0 Å². The molecule has 2 aromatic heterocycles. The Labute approximate surface area is 147 Å². The number of pyridine rings is 1. The highest BCUT2D eigenvalue weighted by Crippen LogP contribution is 2.31. The van der Waals surface area contributed by atoms with Crippen molar-refractivity contribution in [3.05, 3.63) is 66.5 Å². The topological polar surface area (TPSA) is 59.9 Å². The van der Waals surface area contributed by atoms with Gasteiger partial charge in [0.25, 0.3) is 0 Å². The molecule has 0 aliphatic rings. The third-order valence-corrected chi connectivity index (χ3v) is 3.51. The molecule has 0 unspecified atom stereocenters. The Morgan fingerprint density at radius 3 is 2.58 bits per heavy atom. The van der Waals surface area contributed by atoms with Gasteiger partial charge in [-0.05, 0) is 30.8 Å². The molecule has 0 saturated carbocycles. The monoisotopic (exact) mass is 360 g/mol. The van der Waals surface area contributed by atoms with E-state index in [0.29, 0.717) is 17.8 Å². The first-order valence-corrected chi connectivity index (χ1v) is 7.77. The fourth-order valence-electron chi connectivity index (χ4n) is 2.37. The van der Waals surface area contributed by atoms with E-state index < -0.39 is 12.0 Å². The molecule has 0 aliphatic carbocycles. The average molecular weight is 360 g/mol. The molecule has 0 atom stereocenters. The molecule has 134 valence electrons. The number of nitrogens with zero attached hydrogens (tertiary/aromatic N) is 3. The van der Waals surface area contributed by atoms with E-state index in [0.717, 1.165) is 23.3 Å². The molecule has 8 heteroatoms. The zero-order valence-electron chi connectivity index (χ0n) is 13.8. The van der Waals surface area contributed by atoms with Crippen LogP contribution >= 0.6 is 0 Å². The van der Waals surface area contributed by atoms with Gasteiger partial charge >= 0.3 is 6.18 Å². The maximum atomic E-state index is 12.5. The summed E-state index contributed by atoms with van der Waals surface area (Å²) in [6.07, 6.45) is 2.75. The fraction of sp³-hybridized carbons (Fsp3) is 0.167. The van der Waals surface area contributed by atoms with Crippen LogP contribution in [0.5, 0.6) is 11.5 Å². The molecule has 1 N–H and O–H groups in total. The molecular formula is C18H15F3N4O. The van der Waals surface area contributed by atoms with Gasteiger partial charge in [-0.15, -0.1) is 0 Å². The predicted molar refractivity (Wildman–Crippen MR) is 90.5 cm³/mol. The van der Waals surface area contributed by atoms with Gasteiger partial charge in [0, 0.05) is 18.1 Å². The van der Waals surface area contributed by atoms with Crippen molar-refractivity contribution in [3.8, 4) is 11.5 Å². The number of nitrogens with one attached hydrogen (secondary N) is 1. The maximum absolute atomic E-state index is 12.5. The Balaban J connectivity index is 1.90. The van der Waals surface area contributed by atoms with Crippen molar-refractivity contribution in [1.29, 1.82) is 0 Å². The van der Waals surface area contributed by atoms with Crippen LogP contribution in [0, 0.1) is 0 Å². The van der Waals surface area contributed by atoms with Crippen LogP contribution in [0.1, 0.15) is 18.3 Å². The van der Waals surface area contributed by atoms with E-state index in [4.69, 9.17) is 4.74 Å². The third-order valence-electron chi connectivity index (χ3n) is 3.51. The van der Waals surface area contributed by atoms with Crippen LogP contribution < -0.4 is 10.1 Å². The molecule has 1 aromatic carbocycles. The van der Waals surface area contributed by atoms with Gasteiger partial charge in [0.05, 0.1) is 12.4 Å². The average Bonchev–Trinajstić information content (AvgIpc) is 2.63. The summed E-state index contributed by atoms with van der Waals surface area (Å²) in [5.41, 5.74) is 1.62. The second kappa shape index (κ2) is 7.38. The zero-order valence-corrected chi connectivity index (χ0v) is 13.8. The van der Waals surface area contributed by atoms with Crippen molar-refractivity contribution in [2.24, 2.45) is 0 Å². The molecule has 0 spiro atoms. The third kappa shape index (κ3) is 3.90. The van der Waals surface area contributed by atoms with Crippen molar-refractivity contribution >= 4 is 10.9 Å². The Hall–Kier alpha value is -3.16. The number of alkyl halides is 3. The molecule has 0 aliphatic heterocycles. The minimum absolute atomic E-state index is 0.102. The number of allylic oxidation sites excluding steroid dienone is 1. The van der Waals surface area contributed by atoms with Gasteiger partial charge in [-0.2, -0.15) is 13.2 Å². The first kappa shape index (κ1) is 17.7. The quantitative estimate of drug-likeness (QED) is 0.728. The van der Waals surface area contributed by atoms with Crippen LogP contribution in [-0.4, -0.2) is 15.0 Å². The Kier molecular flexibility index (Phi) is 5.01. The van der Waals surface area contributed by atoms with E-state index in [1.807, 2.05) is 37.4 Å². The van der Waals surface area contributed by atoms with E-state index in [9.17, 15) is 13.2 Å². The second-order valence-electron chi connectivity index (χ2n) is 5.35. The summed E-state index contributed by atoms with van der Waals surface area (Å²) >= 11 is 0. The number of rotatable bonds is 5. The maximum Gasteiger partial charge on any atom is 0.451 e. The lowest BCUT2D eigenvalue weighted by molar-refractivity contribution is -0.145. The summed E-state index contributed by atoms with van der Waals surface area (Å²) < 4.78 is 43.3. The van der Waals surface area contributed by atoms with E-state index in [1.165, 1.54) is 0 Å². The summed E-state index contributed by atoms with van der Waals surface area (Å²) in [7, 11) is 0. The number of hydrogen-bond acceptors (Lipinski definition) is 5. The van der Waals surface area contributed by atoms with E-state index in [-0.39, 0.29) is 5.75 Å². The van der Waals surface area contributed by atoms with Crippen molar-refractivity contribution in [2.45, 2.75) is 19.6 Å². The number of ether oxygens (including phenoxy) is 1. The summed E-state index contributed by atoms with van der Waals surface area (Å²) in [6, 6.07) is 7.32. The fourth-order valence-corrected chi connectivity index (χ4v) is 2.37. The van der Waals surface area contributed by atoms with Gasteiger partial charge < -0.3 is 10.1 Å². The van der Waals surface area contributed by atoms with Gasteiger partial charge in [0.15, 0.2) is 11.5 Å². The summed E-state index contributed by atoms with van der Waals surface area (Å²) in [5.74, 6) is -0.693. The van der Waals surface area contributed by atoms with E-state index in [1.54, 1.807) is 12.3 Å². The van der Waals surface area contributed by atoms with Gasteiger partial charge in [-0.25, -0.2) is 9.97 Å². The van der Waals surface area contributed by atoms with Crippen LogP contribution in [0.25, 0.3) is 10.9 Å². The second-order valence-corrected chi connectivity index (χ2v) is 5.35. The molecule has 0 radical (unpaired) electrons. The van der Waals surface area contributed by atoms with Gasteiger partial charge in [0.2, 0.25) is 5.82 Å². The standard InChI is InChI=1S/C18H15F3N4O/c1-2-7-22-9-12-5-6-15(16-14(12)4-3-8-23-16)26-13-10-24-17(25-11-13)18(19,20)21/h2-8,10-11,22H,9H2,1H3. The van der Waals surface area contributed by atoms with E-state index >= 15 is 0 Å². The lowest BCUT2D eigenvalue weighted by atomic mass is 10.1. The molecule has 0 bridgehead atoms. The Morgan fingerprint density at radius 1 is 1.12 bits per heavy atom. The summed E-state index contributed by atoms with van der Waals surface area (Å²) in [6.45, 7) is 2.52. The number of hydrogen-bond donors (Lipinski definition) is 1. The van der Waals surface area contributed by atoms with Gasteiger partial charge in [0.1, 0.15) is 5.52 Å². The summed E-state index contributed by atoms with van der Waals surface area (Å²) in [4.78, 5) is 10.9. The zero-order chi connectivity index (χ0) is 18.6. The first-order chi connectivity index (χ1) is 12.5. The SMILES string of the molecule is CC=CNCc1ccc(Oc2cnc(C(F)(F)F)nc2)c2ncccc12. The molecule has 0 saturated heterocycles. The molecule has 0 fully saturated rings. The van der Waals surface area contributed by atoms with Crippen LogP contribution in [0.15, 0.2) is 55.1 Å². The Bertz CT molecular complexity index is 924. The molecule has 3 aromatic rings. The van der Waals surface area contributed by atoms with Crippen molar-refractivity contribution in [2.75, 3.05) is 0 Å². The Morgan fingerprint density at radius 2 is 1.88 bits per heavy atom. The molecule has 2 heterocycles. The van der Waals surface area contributed by atoms with Crippen molar-refractivity contribution in [1.82, 2.24) is 20.3 Å². The molecular weight excluding hydrogens is 345 g/mol. The van der Waals surface area contributed by atoms with Crippen LogP contribution in [0.2, 0.25) is 0 Å². The van der Waals surface area contributed by atoms with Crippen LogP contribution in [0.3, 0.4) is 0 Å². The van der Waals surface area contributed by atoms with Gasteiger partial charge in [-0.3, -0.25) is 4.98 Å². The highest BCUT2D eigenvalue weighted by molar-refractivity contribution is 5.87. The number of fused-ring (bicyclic) bond motifs is 1. The van der Waals surface area contributed by atoms with Gasteiger partial charge in [-0.1, -0.05) is 18.2 Å². The normalized spacial score (nSPS) is 11.8. The molecule has 5 nitrogen and oxygen atoms in total.